The van der Waals surface area contributed by atoms with E-state index in [0.29, 0.717) is 5.56 Å². The van der Waals surface area contributed by atoms with Crippen LogP contribution in [-0.2, 0) is 4.79 Å². The van der Waals surface area contributed by atoms with E-state index < -0.39 is 11.8 Å². The van der Waals surface area contributed by atoms with Crippen LogP contribution in [0.1, 0.15) is 15.9 Å². The molecule has 0 saturated heterocycles. The van der Waals surface area contributed by atoms with Crippen LogP contribution in [0.15, 0.2) is 18.2 Å². The number of rotatable bonds is 1. The fourth-order valence-electron chi connectivity index (χ4n) is 0.867. The van der Waals surface area contributed by atoms with E-state index in [9.17, 15) is 9.18 Å². The molecule has 0 fully saturated rings. The van der Waals surface area contributed by atoms with Crippen LogP contribution in [0.25, 0.3) is 0 Å². The van der Waals surface area contributed by atoms with Crippen molar-refractivity contribution in [2.24, 2.45) is 0 Å². The van der Waals surface area contributed by atoms with Gasteiger partial charge >= 0.3 is 5.97 Å². The number of carbonyl (C=O) groups is 2. The molecule has 5 heteroatoms. The Morgan fingerprint density at radius 3 is 2.36 bits per heavy atom. The Hall–Kier alpha value is -1.91. The van der Waals surface area contributed by atoms with Gasteiger partial charge in [0, 0.05) is 0 Å². The second kappa shape index (κ2) is 5.69. The Labute approximate surface area is 79.6 Å². The van der Waals surface area contributed by atoms with Gasteiger partial charge in [-0.3, -0.25) is 4.79 Å². The number of benzene rings is 1. The summed E-state index contributed by atoms with van der Waals surface area (Å²) >= 11 is 0. The molecule has 1 aromatic rings. The SMILES string of the molecule is Cc1cc(F)ccc1C(=O)O.O=CO. The van der Waals surface area contributed by atoms with E-state index in [0.717, 1.165) is 6.07 Å². The van der Waals surface area contributed by atoms with Crippen molar-refractivity contribution < 1.29 is 24.2 Å². The van der Waals surface area contributed by atoms with Gasteiger partial charge in [0.2, 0.25) is 0 Å². The zero-order chi connectivity index (χ0) is 11.1. The zero-order valence-corrected chi connectivity index (χ0v) is 7.40. The lowest BCUT2D eigenvalue weighted by Crippen LogP contribution is -1.99. The minimum Gasteiger partial charge on any atom is -0.483 e. The van der Waals surface area contributed by atoms with Crippen molar-refractivity contribution in [1.82, 2.24) is 0 Å². The molecule has 2 N–H and O–H groups in total. The molecule has 0 heterocycles. The molecule has 0 amide bonds. The summed E-state index contributed by atoms with van der Waals surface area (Å²) in [6.07, 6.45) is 0. The van der Waals surface area contributed by atoms with Crippen LogP contribution >= 0.6 is 0 Å². The van der Waals surface area contributed by atoms with Crippen LogP contribution in [-0.4, -0.2) is 22.7 Å². The fourth-order valence-corrected chi connectivity index (χ4v) is 0.867. The molecule has 0 aliphatic carbocycles. The average molecular weight is 200 g/mol. The minimum absolute atomic E-state index is 0.145. The molecule has 0 spiro atoms. The van der Waals surface area contributed by atoms with Crippen LogP contribution < -0.4 is 0 Å². The van der Waals surface area contributed by atoms with Gasteiger partial charge < -0.3 is 10.2 Å². The van der Waals surface area contributed by atoms with Crippen LogP contribution in [0.3, 0.4) is 0 Å². The molecule has 14 heavy (non-hydrogen) atoms. The van der Waals surface area contributed by atoms with Crippen molar-refractivity contribution in [2.75, 3.05) is 0 Å². The van der Waals surface area contributed by atoms with Crippen molar-refractivity contribution in [3.05, 3.63) is 35.1 Å². The standard InChI is InChI=1S/C8H7FO2.CH2O2/c1-5-4-6(9)2-3-7(5)8(10)11;2-1-3/h2-4H,1H3,(H,10,11);1H,(H,2,3). The topological polar surface area (TPSA) is 74.6 Å². The predicted molar refractivity (Wildman–Crippen MR) is 46.8 cm³/mol. The summed E-state index contributed by atoms with van der Waals surface area (Å²) in [5.41, 5.74) is 0.587. The Kier molecular flexibility index (Phi) is 4.91. The van der Waals surface area contributed by atoms with Gasteiger partial charge in [-0.2, -0.15) is 0 Å². The number of hydrogen-bond acceptors (Lipinski definition) is 2. The molecule has 0 saturated carbocycles. The first-order valence-electron chi connectivity index (χ1n) is 3.60. The lowest BCUT2D eigenvalue weighted by atomic mass is 10.1. The maximum atomic E-state index is 12.4. The molecule has 0 unspecified atom stereocenters. The van der Waals surface area contributed by atoms with E-state index in [4.69, 9.17) is 15.0 Å². The summed E-state index contributed by atoms with van der Waals surface area (Å²) in [6, 6.07) is 3.59. The minimum atomic E-state index is -1.03. The Bertz CT molecular complexity index is 336. The fraction of sp³-hybridized carbons (Fsp3) is 0.111. The van der Waals surface area contributed by atoms with Gasteiger partial charge in [0.05, 0.1) is 5.56 Å². The van der Waals surface area contributed by atoms with Gasteiger partial charge in [0.1, 0.15) is 5.82 Å². The van der Waals surface area contributed by atoms with Gasteiger partial charge in [0.25, 0.3) is 6.47 Å². The zero-order valence-electron chi connectivity index (χ0n) is 7.40. The average Bonchev–Trinajstić information content (AvgIpc) is 2.04. The second-order valence-corrected chi connectivity index (χ2v) is 2.37. The highest BCUT2D eigenvalue weighted by molar-refractivity contribution is 5.89. The lowest BCUT2D eigenvalue weighted by molar-refractivity contribution is -0.122. The predicted octanol–water partition coefficient (Wildman–Crippen LogP) is 1.53. The summed E-state index contributed by atoms with van der Waals surface area (Å²) in [5.74, 6) is -1.44. The summed E-state index contributed by atoms with van der Waals surface area (Å²) < 4.78 is 12.4. The van der Waals surface area contributed by atoms with E-state index in [-0.39, 0.29) is 12.0 Å². The molecule has 0 aliphatic heterocycles. The van der Waals surface area contributed by atoms with Gasteiger partial charge in [-0.15, -0.1) is 0 Å². The summed E-state index contributed by atoms with van der Waals surface area (Å²) in [7, 11) is 0. The normalized spacial score (nSPS) is 8.43. The van der Waals surface area contributed by atoms with E-state index in [1.165, 1.54) is 12.1 Å². The number of carboxylic acid groups (broad SMARTS) is 2. The van der Waals surface area contributed by atoms with Crippen molar-refractivity contribution >= 4 is 12.4 Å². The van der Waals surface area contributed by atoms with Crippen molar-refractivity contribution in [3.8, 4) is 0 Å². The number of halogens is 1. The van der Waals surface area contributed by atoms with Crippen molar-refractivity contribution in [2.45, 2.75) is 6.92 Å². The summed E-state index contributed by atoms with van der Waals surface area (Å²) in [6.45, 7) is 1.31. The van der Waals surface area contributed by atoms with Gasteiger partial charge in [-0.1, -0.05) is 0 Å². The number of carboxylic acids is 1. The quantitative estimate of drug-likeness (QED) is 0.674. The highest BCUT2D eigenvalue weighted by Crippen LogP contribution is 2.09. The van der Waals surface area contributed by atoms with Crippen LogP contribution in [0, 0.1) is 12.7 Å². The smallest absolute Gasteiger partial charge is 0.335 e. The first kappa shape index (κ1) is 12.1. The third-order valence-corrected chi connectivity index (χ3v) is 1.42. The second-order valence-electron chi connectivity index (χ2n) is 2.37. The van der Waals surface area contributed by atoms with E-state index in [2.05, 4.69) is 0 Å². The molecule has 76 valence electrons. The lowest BCUT2D eigenvalue weighted by Gasteiger charge is -1.98. The van der Waals surface area contributed by atoms with Crippen LogP contribution in [0.2, 0.25) is 0 Å². The molecule has 0 aromatic heterocycles. The third kappa shape index (κ3) is 3.66. The van der Waals surface area contributed by atoms with E-state index in [1.807, 2.05) is 0 Å². The van der Waals surface area contributed by atoms with Gasteiger partial charge in [-0.05, 0) is 30.7 Å². The Morgan fingerprint density at radius 1 is 1.50 bits per heavy atom. The van der Waals surface area contributed by atoms with Crippen molar-refractivity contribution in [1.29, 1.82) is 0 Å². The molecule has 0 atom stereocenters. The Morgan fingerprint density at radius 2 is 2.00 bits per heavy atom. The van der Waals surface area contributed by atoms with Crippen LogP contribution in [0.5, 0.6) is 0 Å². The molecule has 1 rings (SSSR count). The molecule has 0 aliphatic rings. The summed E-state index contributed by atoms with van der Waals surface area (Å²) in [4.78, 5) is 18.8. The molecule has 4 nitrogen and oxygen atoms in total. The summed E-state index contributed by atoms with van der Waals surface area (Å²) in [5, 5.41) is 15.4. The molecule has 1 aromatic carbocycles. The third-order valence-electron chi connectivity index (χ3n) is 1.42. The number of aryl methyl sites for hydroxylation is 1. The number of hydrogen-bond donors (Lipinski definition) is 2. The first-order valence-corrected chi connectivity index (χ1v) is 3.60. The monoisotopic (exact) mass is 200 g/mol. The molecular formula is C9H9FO4. The first-order chi connectivity index (χ1) is 6.52. The highest BCUT2D eigenvalue weighted by Gasteiger charge is 2.05. The number of aromatic carboxylic acids is 1. The van der Waals surface area contributed by atoms with Crippen molar-refractivity contribution in [3.63, 3.8) is 0 Å². The largest absolute Gasteiger partial charge is 0.483 e. The molecule has 0 radical (unpaired) electrons. The van der Waals surface area contributed by atoms with Gasteiger partial charge in [0.15, 0.2) is 0 Å². The maximum Gasteiger partial charge on any atom is 0.335 e. The highest BCUT2D eigenvalue weighted by atomic mass is 19.1. The van der Waals surface area contributed by atoms with Crippen LogP contribution in [0.4, 0.5) is 4.39 Å². The van der Waals surface area contributed by atoms with E-state index >= 15 is 0 Å². The Balaban J connectivity index is 0.000000500. The maximum absolute atomic E-state index is 12.4. The molecule has 0 bridgehead atoms. The van der Waals surface area contributed by atoms with Gasteiger partial charge in [-0.25, -0.2) is 9.18 Å². The molecular weight excluding hydrogens is 191 g/mol. The van der Waals surface area contributed by atoms with E-state index in [1.54, 1.807) is 6.92 Å².